The van der Waals surface area contributed by atoms with Crippen LogP contribution in [0.4, 0.5) is 0 Å². The first-order chi connectivity index (χ1) is 33.5. The van der Waals surface area contributed by atoms with Crippen molar-refractivity contribution in [1.29, 1.82) is 0 Å². The van der Waals surface area contributed by atoms with Crippen LogP contribution in [-0.2, 0) is 28.6 Å². The van der Waals surface area contributed by atoms with Gasteiger partial charge in [-0.15, -0.1) is 0 Å². The third kappa shape index (κ3) is 54.3. The monoisotopic (exact) mass is 953 g/mol. The third-order valence-electron chi connectivity index (χ3n) is 13.1. The number of rotatable bonds is 54. The molecule has 0 rings (SSSR count). The summed E-state index contributed by atoms with van der Waals surface area (Å²) in [6, 6.07) is 0. The molecule has 68 heavy (non-hydrogen) atoms. The minimum Gasteiger partial charge on any atom is -0.462 e. The molecule has 0 aliphatic carbocycles. The lowest BCUT2D eigenvalue weighted by Gasteiger charge is -2.18. The summed E-state index contributed by atoms with van der Waals surface area (Å²) in [5, 5.41) is 0. The minimum absolute atomic E-state index is 0.0747. The topological polar surface area (TPSA) is 78.9 Å². The van der Waals surface area contributed by atoms with Crippen molar-refractivity contribution in [1.82, 2.24) is 0 Å². The van der Waals surface area contributed by atoms with Gasteiger partial charge in [0.15, 0.2) is 6.10 Å². The minimum atomic E-state index is -0.776. The zero-order valence-electron chi connectivity index (χ0n) is 45.4. The maximum Gasteiger partial charge on any atom is 0.306 e. The van der Waals surface area contributed by atoms with Gasteiger partial charge in [-0.1, -0.05) is 256 Å². The maximum absolute atomic E-state index is 12.8. The van der Waals surface area contributed by atoms with Crippen molar-refractivity contribution in [2.75, 3.05) is 13.2 Å². The number of unbranched alkanes of at least 4 members (excludes halogenated alkanes) is 35. The third-order valence-corrected chi connectivity index (χ3v) is 13.1. The number of ether oxygens (including phenoxy) is 3. The van der Waals surface area contributed by atoms with Crippen molar-refractivity contribution in [2.24, 2.45) is 0 Å². The zero-order valence-corrected chi connectivity index (χ0v) is 45.4. The lowest BCUT2D eigenvalue weighted by atomic mass is 10.1. The Labute approximate surface area is 422 Å². The van der Waals surface area contributed by atoms with Crippen LogP contribution in [0.3, 0.4) is 0 Å². The fourth-order valence-electron chi connectivity index (χ4n) is 8.56. The molecule has 0 saturated heterocycles. The van der Waals surface area contributed by atoms with Crippen LogP contribution >= 0.6 is 0 Å². The maximum atomic E-state index is 12.8. The van der Waals surface area contributed by atoms with E-state index >= 15 is 0 Å². The molecule has 0 aliphatic heterocycles. The molecule has 1 unspecified atom stereocenters. The summed E-state index contributed by atoms with van der Waals surface area (Å²) in [5.74, 6) is -0.876. The highest BCUT2D eigenvalue weighted by molar-refractivity contribution is 5.71. The summed E-state index contributed by atoms with van der Waals surface area (Å²) >= 11 is 0. The lowest BCUT2D eigenvalue weighted by molar-refractivity contribution is -0.167. The molecule has 0 aromatic heterocycles. The first-order valence-corrected chi connectivity index (χ1v) is 29.6. The Hall–Kier alpha value is -2.63. The smallest absolute Gasteiger partial charge is 0.306 e. The van der Waals surface area contributed by atoms with Gasteiger partial charge in [-0.2, -0.15) is 0 Å². The fourth-order valence-corrected chi connectivity index (χ4v) is 8.56. The van der Waals surface area contributed by atoms with E-state index in [0.29, 0.717) is 19.3 Å². The standard InChI is InChI=1S/C62H112O6/c1-4-7-10-13-16-19-22-24-26-27-28-29-30-31-32-33-34-35-37-38-40-43-46-49-52-55-61(64)67-58-59(57-66-60(63)54-51-48-45-42-21-18-15-12-9-6-3)68-62(65)56-53-50-47-44-41-39-36-25-23-20-17-14-11-8-5-2/h22,24-25,27-28,30-31,36,59H,4-21,23,26,29,32-35,37-58H2,1-3H3/b24-22-,28-27-,31-30-,36-25-. The molecule has 0 spiro atoms. The van der Waals surface area contributed by atoms with Crippen molar-refractivity contribution in [2.45, 2.75) is 316 Å². The number of hydrogen-bond acceptors (Lipinski definition) is 6. The van der Waals surface area contributed by atoms with Crippen LogP contribution in [0.1, 0.15) is 310 Å². The SMILES string of the molecule is CCCCCCC/C=C\C/C=C\C/C=C\CCCCCCCCCCCCC(=O)OCC(COC(=O)CCCCCCCCCCCC)OC(=O)CCCCCCC/C=C\CCCCCCCC. The van der Waals surface area contributed by atoms with Crippen molar-refractivity contribution >= 4 is 17.9 Å². The van der Waals surface area contributed by atoms with E-state index in [9.17, 15) is 14.4 Å². The predicted molar refractivity (Wildman–Crippen MR) is 293 cm³/mol. The van der Waals surface area contributed by atoms with Crippen LogP contribution in [-0.4, -0.2) is 37.2 Å². The molecule has 0 heterocycles. The highest BCUT2D eigenvalue weighted by Crippen LogP contribution is 2.16. The van der Waals surface area contributed by atoms with Crippen LogP contribution in [0.2, 0.25) is 0 Å². The fraction of sp³-hybridized carbons (Fsp3) is 0.823. The van der Waals surface area contributed by atoms with E-state index in [1.165, 1.54) is 193 Å². The molecule has 0 bridgehead atoms. The van der Waals surface area contributed by atoms with E-state index < -0.39 is 6.10 Å². The Morgan fingerprint density at radius 1 is 0.294 bits per heavy atom. The molecule has 1 atom stereocenters. The summed E-state index contributed by atoms with van der Waals surface area (Å²) in [6.45, 7) is 6.63. The second kappa shape index (κ2) is 57.0. The Balaban J connectivity index is 4.23. The van der Waals surface area contributed by atoms with Crippen LogP contribution in [0.25, 0.3) is 0 Å². The predicted octanol–water partition coefficient (Wildman–Crippen LogP) is 19.8. The van der Waals surface area contributed by atoms with Crippen molar-refractivity contribution in [3.63, 3.8) is 0 Å². The van der Waals surface area contributed by atoms with E-state index in [0.717, 1.165) is 77.0 Å². The summed E-state index contributed by atoms with van der Waals surface area (Å²) in [7, 11) is 0. The molecular formula is C62H112O6. The normalized spacial score (nSPS) is 12.3. The Morgan fingerprint density at radius 2 is 0.529 bits per heavy atom. The van der Waals surface area contributed by atoms with Gasteiger partial charge >= 0.3 is 17.9 Å². The van der Waals surface area contributed by atoms with Gasteiger partial charge in [-0.3, -0.25) is 14.4 Å². The van der Waals surface area contributed by atoms with Crippen LogP contribution in [0, 0.1) is 0 Å². The first-order valence-electron chi connectivity index (χ1n) is 29.6. The molecule has 0 N–H and O–H groups in total. The van der Waals surface area contributed by atoms with E-state index in [-0.39, 0.29) is 31.1 Å². The molecule has 0 aromatic rings. The van der Waals surface area contributed by atoms with Gasteiger partial charge in [0.05, 0.1) is 0 Å². The van der Waals surface area contributed by atoms with E-state index in [1.807, 2.05) is 0 Å². The van der Waals surface area contributed by atoms with Crippen molar-refractivity contribution in [3.05, 3.63) is 48.6 Å². The number of carbonyl (C=O) groups excluding carboxylic acids is 3. The van der Waals surface area contributed by atoms with Gasteiger partial charge < -0.3 is 14.2 Å². The quantitative estimate of drug-likeness (QED) is 0.0262. The number of hydrogen-bond donors (Lipinski definition) is 0. The summed E-state index contributed by atoms with van der Waals surface area (Å²) < 4.78 is 16.8. The Morgan fingerprint density at radius 3 is 0.838 bits per heavy atom. The van der Waals surface area contributed by atoms with Crippen molar-refractivity contribution < 1.29 is 28.6 Å². The summed E-state index contributed by atoms with van der Waals surface area (Å²) in [5.41, 5.74) is 0. The second-order valence-corrected chi connectivity index (χ2v) is 19.9. The lowest BCUT2D eigenvalue weighted by Crippen LogP contribution is -2.30. The Bertz CT molecular complexity index is 1190. The summed E-state index contributed by atoms with van der Waals surface area (Å²) in [4.78, 5) is 38.1. The molecule has 0 aromatic carbocycles. The highest BCUT2D eigenvalue weighted by Gasteiger charge is 2.19. The molecule has 0 saturated carbocycles. The van der Waals surface area contributed by atoms with Gasteiger partial charge in [0, 0.05) is 19.3 Å². The van der Waals surface area contributed by atoms with Gasteiger partial charge in [-0.05, 0) is 83.5 Å². The van der Waals surface area contributed by atoms with Gasteiger partial charge in [0.25, 0.3) is 0 Å². The van der Waals surface area contributed by atoms with E-state index in [1.54, 1.807) is 0 Å². The highest BCUT2D eigenvalue weighted by atomic mass is 16.6. The molecule has 6 nitrogen and oxygen atoms in total. The largest absolute Gasteiger partial charge is 0.462 e. The van der Waals surface area contributed by atoms with Gasteiger partial charge in [0.1, 0.15) is 13.2 Å². The van der Waals surface area contributed by atoms with E-state index in [2.05, 4.69) is 69.4 Å². The number of allylic oxidation sites excluding steroid dienone is 8. The van der Waals surface area contributed by atoms with E-state index in [4.69, 9.17) is 14.2 Å². The zero-order chi connectivity index (χ0) is 49.3. The van der Waals surface area contributed by atoms with Crippen LogP contribution < -0.4 is 0 Å². The molecular weight excluding hydrogens is 841 g/mol. The van der Waals surface area contributed by atoms with Crippen LogP contribution in [0.5, 0.6) is 0 Å². The number of esters is 3. The first kappa shape index (κ1) is 65.4. The molecule has 0 radical (unpaired) electrons. The average molecular weight is 954 g/mol. The summed E-state index contributed by atoms with van der Waals surface area (Å²) in [6.07, 6.45) is 69.7. The van der Waals surface area contributed by atoms with Gasteiger partial charge in [0.2, 0.25) is 0 Å². The molecule has 396 valence electrons. The number of carbonyl (C=O) groups is 3. The molecule has 0 aliphatic rings. The molecule has 0 amide bonds. The van der Waals surface area contributed by atoms with Gasteiger partial charge in [-0.25, -0.2) is 0 Å². The Kier molecular flexibility index (Phi) is 54.8. The van der Waals surface area contributed by atoms with Crippen molar-refractivity contribution in [3.8, 4) is 0 Å². The molecule has 0 fully saturated rings. The average Bonchev–Trinajstić information content (AvgIpc) is 3.34. The second-order valence-electron chi connectivity index (χ2n) is 19.9. The molecule has 6 heteroatoms. The van der Waals surface area contributed by atoms with Crippen LogP contribution in [0.15, 0.2) is 48.6 Å².